The van der Waals surface area contributed by atoms with Crippen LogP contribution in [-0.4, -0.2) is 22.7 Å². The lowest BCUT2D eigenvalue weighted by Crippen LogP contribution is -2.56. The van der Waals surface area contributed by atoms with Gasteiger partial charge in [-0.3, -0.25) is 0 Å². The summed E-state index contributed by atoms with van der Waals surface area (Å²) in [6.45, 7) is 2.97. The molecule has 1 aromatic heterocycles. The van der Waals surface area contributed by atoms with Gasteiger partial charge in [-0.15, -0.1) is 0 Å². The van der Waals surface area contributed by atoms with Gasteiger partial charge >= 0.3 is 0 Å². The van der Waals surface area contributed by atoms with E-state index in [-0.39, 0.29) is 11.6 Å². The van der Waals surface area contributed by atoms with E-state index in [0.717, 1.165) is 25.8 Å². The molecule has 3 N–H and O–H groups in total. The van der Waals surface area contributed by atoms with Crippen LogP contribution in [0.3, 0.4) is 0 Å². The van der Waals surface area contributed by atoms with E-state index in [1.165, 1.54) is 35.0 Å². The molecule has 1 spiro atoms. The zero-order valence-corrected chi connectivity index (χ0v) is 12.7. The third kappa shape index (κ3) is 1.87. The minimum Gasteiger partial charge on any atom is -0.393 e. The topological polar surface area (TPSA) is 48.0 Å². The smallest absolute Gasteiger partial charge is 0.0642 e. The van der Waals surface area contributed by atoms with Crippen molar-refractivity contribution >= 4 is 10.9 Å². The number of benzene rings is 1. The second kappa shape index (κ2) is 4.85. The van der Waals surface area contributed by atoms with Gasteiger partial charge in [-0.25, -0.2) is 0 Å². The maximum absolute atomic E-state index is 10.3. The van der Waals surface area contributed by atoms with Gasteiger partial charge in [0, 0.05) is 29.1 Å². The number of aliphatic hydroxyl groups excluding tert-OH is 1. The maximum atomic E-state index is 10.3. The number of hydrogen-bond donors (Lipinski definition) is 3. The lowest BCUT2D eigenvalue weighted by Gasteiger charge is -2.48. The molecule has 0 saturated heterocycles. The molecule has 2 heterocycles. The van der Waals surface area contributed by atoms with Crippen molar-refractivity contribution in [2.24, 2.45) is 5.92 Å². The Labute approximate surface area is 125 Å². The van der Waals surface area contributed by atoms with Gasteiger partial charge in [0.05, 0.1) is 11.6 Å². The summed E-state index contributed by atoms with van der Waals surface area (Å²) in [6.07, 6.45) is 5.52. The molecule has 2 aliphatic rings. The minimum atomic E-state index is -0.268. The number of hydrogen-bond acceptors (Lipinski definition) is 2. The van der Waals surface area contributed by atoms with E-state index in [1.54, 1.807) is 0 Å². The average molecular weight is 284 g/mol. The lowest BCUT2D eigenvalue weighted by atomic mass is 9.66. The van der Waals surface area contributed by atoms with Crippen molar-refractivity contribution in [2.75, 3.05) is 6.54 Å². The van der Waals surface area contributed by atoms with Gasteiger partial charge in [0.25, 0.3) is 0 Å². The molecule has 21 heavy (non-hydrogen) atoms. The van der Waals surface area contributed by atoms with E-state index in [9.17, 15) is 5.11 Å². The van der Waals surface area contributed by atoms with Gasteiger partial charge in [0.2, 0.25) is 0 Å². The summed E-state index contributed by atoms with van der Waals surface area (Å²) in [7, 11) is 0. The van der Waals surface area contributed by atoms with Gasteiger partial charge < -0.3 is 15.4 Å². The van der Waals surface area contributed by atoms with E-state index in [4.69, 9.17) is 0 Å². The van der Waals surface area contributed by atoms with E-state index >= 15 is 0 Å². The highest BCUT2D eigenvalue weighted by Crippen LogP contribution is 2.47. The molecule has 1 aromatic carbocycles. The summed E-state index contributed by atoms with van der Waals surface area (Å²) in [6, 6.07) is 8.61. The Morgan fingerprint density at radius 3 is 3.00 bits per heavy atom. The molecule has 4 rings (SSSR count). The van der Waals surface area contributed by atoms with E-state index in [2.05, 4.69) is 34.6 Å². The number of para-hydroxylation sites is 1. The van der Waals surface area contributed by atoms with Gasteiger partial charge in [0.1, 0.15) is 0 Å². The Morgan fingerprint density at radius 2 is 2.14 bits per heavy atom. The molecular weight excluding hydrogens is 260 g/mol. The number of rotatable bonds is 1. The standard InChI is InChI=1S/C18H24N2O/c1-12(21)15-7-4-5-10-18(15)17-14(9-11-19-18)13-6-2-3-8-16(13)20-17/h2-3,6,8,12,15,19-21H,4-5,7,9-11H2,1H3. The summed E-state index contributed by atoms with van der Waals surface area (Å²) in [5.74, 6) is 0.304. The highest BCUT2D eigenvalue weighted by molar-refractivity contribution is 5.85. The third-order valence-electron chi connectivity index (χ3n) is 5.63. The van der Waals surface area contributed by atoms with Gasteiger partial charge in [-0.05, 0) is 37.8 Å². The monoisotopic (exact) mass is 284 g/mol. The van der Waals surface area contributed by atoms with Crippen LogP contribution in [-0.2, 0) is 12.0 Å². The van der Waals surface area contributed by atoms with Crippen LogP contribution in [0.5, 0.6) is 0 Å². The zero-order chi connectivity index (χ0) is 14.4. The van der Waals surface area contributed by atoms with Gasteiger partial charge in [-0.1, -0.05) is 31.0 Å². The first-order valence-corrected chi connectivity index (χ1v) is 8.25. The predicted octanol–water partition coefficient (Wildman–Crippen LogP) is 3.08. The average Bonchev–Trinajstić information content (AvgIpc) is 2.88. The summed E-state index contributed by atoms with van der Waals surface area (Å²) in [5.41, 5.74) is 4.00. The van der Waals surface area contributed by atoms with Gasteiger partial charge in [-0.2, -0.15) is 0 Å². The second-order valence-electron chi connectivity index (χ2n) is 6.77. The van der Waals surface area contributed by atoms with Crippen LogP contribution < -0.4 is 5.32 Å². The Bertz CT molecular complexity index is 660. The van der Waals surface area contributed by atoms with Crippen LogP contribution in [0, 0.1) is 5.92 Å². The van der Waals surface area contributed by atoms with Crippen LogP contribution in [0.4, 0.5) is 0 Å². The lowest BCUT2D eigenvalue weighted by molar-refractivity contribution is 0.0170. The SMILES string of the molecule is CC(O)C1CCCCC12NCCc1c2[nH]c2ccccc12. The molecule has 0 amide bonds. The summed E-state index contributed by atoms with van der Waals surface area (Å²) < 4.78 is 0. The van der Waals surface area contributed by atoms with Crippen molar-refractivity contribution < 1.29 is 5.11 Å². The molecule has 3 nitrogen and oxygen atoms in total. The number of H-pyrrole nitrogens is 1. The van der Waals surface area contributed by atoms with Crippen molar-refractivity contribution in [2.45, 2.75) is 50.7 Å². The first-order valence-electron chi connectivity index (χ1n) is 8.25. The van der Waals surface area contributed by atoms with Gasteiger partial charge in [0.15, 0.2) is 0 Å². The number of aliphatic hydroxyl groups is 1. The maximum Gasteiger partial charge on any atom is 0.0642 e. The minimum absolute atomic E-state index is 0.0565. The normalized spacial score (nSPS) is 30.5. The Morgan fingerprint density at radius 1 is 1.29 bits per heavy atom. The molecule has 1 saturated carbocycles. The fourth-order valence-electron chi connectivity index (χ4n) is 4.72. The summed E-state index contributed by atoms with van der Waals surface area (Å²) >= 11 is 0. The van der Waals surface area contributed by atoms with E-state index < -0.39 is 0 Å². The highest BCUT2D eigenvalue weighted by Gasteiger charge is 2.47. The van der Waals surface area contributed by atoms with Crippen LogP contribution in [0.25, 0.3) is 10.9 Å². The van der Waals surface area contributed by atoms with Crippen LogP contribution in [0.1, 0.15) is 43.9 Å². The molecule has 3 atom stereocenters. The molecule has 1 aliphatic heterocycles. The first-order chi connectivity index (χ1) is 10.2. The van der Waals surface area contributed by atoms with Crippen molar-refractivity contribution in [3.05, 3.63) is 35.5 Å². The molecule has 2 aromatic rings. The molecule has 1 aliphatic carbocycles. The van der Waals surface area contributed by atoms with Crippen LogP contribution in [0.2, 0.25) is 0 Å². The molecule has 3 heteroatoms. The molecule has 0 bridgehead atoms. The van der Waals surface area contributed by atoms with Crippen molar-refractivity contribution in [1.29, 1.82) is 0 Å². The number of aromatic nitrogens is 1. The molecule has 3 unspecified atom stereocenters. The first kappa shape index (κ1) is 13.4. The largest absolute Gasteiger partial charge is 0.393 e. The predicted molar refractivity (Wildman–Crippen MR) is 85.3 cm³/mol. The summed E-state index contributed by atoms with van der Waals surface area (Å²) in [4.78, 5) is 3.69. The highest BCUT2D eigenvalue weighted by atomic mass is 16.3. The molecular formula is C18H24N2O. The number of aromatic amines is 1. The number of nitrogens with one attached hydrogen (secondary N) is 2. The van der Waals surface area contributed by atoms with Crippen molar-refractivity contribution in [3.8, 4) is 0 Å². The van der Waals surface area contributed by atoms with Crippen LogP contribution >= 0.6 is 0 Å². The Kier molecular flexibility index (Phi) is 3.09. The van der Waals surface area contributed by atoms with E-state index in [1.807, 2.05) is 6.92 Å². The van der Waals surface area contributed by atoms with Crippen molar-refractivity contribution in [3.63, 3.8) is 0 Å². The quantitative estimate of drug-likeness (QED) is 0.753. The Balaban J connectivity index is 1.92. The van der Waals surface area contributed by atoms with Crippen LogP contribution in [0.15, 0.2) is 24.3 Å². The van der Waals surface area contributed by atoms with E-state index in [0.29, 0.717) is 5.92 Å². The fraction of sp³-hybridized carbons (Fsp3) is 0.556. The fourth-order valence-corrected chi connectivity index (χ4v) is 4.72. The Hall–Kier alpha value is -1.32. The molecule has 0 radical (unpaired) electrons. The zero-order valence-electron chi connectivity index (χ0n) is 12.7. The summed E-state index contributed by atoms with van der Waals surface area (Å²) in [5, 5.41) is 15.5. The second-order valence-corrected chi connectivity index (χ2v) is 6.77. The van der Waals surface area contributed by atoms with Crippen molar-refractivity contribution in [1.82, 2.24) is 10.3 Å². The number of fused-ring (bicyclic) bond motifs is 4. The molecule has 112 valence electrons. The third-order valence-corrected chi connectivity index (χ3v) is 5.63. The molecule has 1 fully saturated rings.